The van der Waals surface area contributed by atoms with E-state index >= 15 is 0 Å². The monoisotopic (exact) mass is 296 g/mol. The summed E-state index contributed by atoms with van der Waals surface area (Å²) >= 11 is 0. The molecule has 0 aromatic heterocycles. The molecule has 1 aromatic carbocycles. The van der Waals surface area contributed by atoms with Crippen LogP contribution in [-0.4, -0.2) is 19.5 Å². The minimum atomic E-state index is -3.63. The van der Waals surface area contributed by atoms with Crippen molar-refractivity contribution in [2.24, 2.45) is 11.3 Å². The average molecular weight is 296 g/mol. The molecule has 0 radical (unpaired) electrons. The Morgan fingerprint density at radius 3 is 2.00 bits per heavy atom. The van der Waals surface area contributed by atoms with Gasteiger partial charge in [-0.2, -0.15) is 0 Å². The van der Waals surface area contributed by atoms with Crippen LogP contribution in [0.2, 0.25) is 0 Å². The van der Waals surface area contributed by atoms with Crippen LogP contribution >= 0.6 is 0 Å². The van der Waals surface area contributed by atoms with E-state index in [4.69, 9.17) is 0 Å². The molecule has 0 fully saturated rings. The summed E-state index contributed by atoms with van der Waals surface area (Å²) in [5, 5.41) is -0.968. The number of hydrogen-bond donors (Lipinski definition) is 0. The molecule has 20 heavy (non-hydrogen) atoms. The van der Waals surface area contributed by atoms with Gasteiger partial charge in [-0.3, -0.25) is 4.79 Å². The molecule has 0 saturated heterocycles. The molecule has 0 heterocycles. The molecule has 4 heteroatoms. The van der Waals surface area contributed by atoms with E-state index in [0.29, 0.717) is 6.42 Å². The lowest BCUT2D eigenvalue weighted by Crippen LogP contribution is -2.39. The van der Waals surface area contributed by atoms with Crippen molar-refractivity contribution in [1.82, 2.24) is 0 Å². The van der Waals surface area contributed by atoms with Crippen LogP contribution in [0.5, 0.6) is 0 Å². The molecule has 112 valence electrons. The van der Waals surface area contributed by atoms with E-state index in [9.17, 15) is 13.2 Å². The van der Waals surface area contributed by atoms with Crippen molar-refractivity contribution >= 4 is 15.6 Å². The third-order valence-corrected chi connectivity index (χ3v) is 5.25. The average Bonchev–Trinajstić information content (AvgIpc) is 2.34. The van der Waals surface area contributed by atoms with Gasteiger partial charge in [0.05, 0.1) is 4.90 Å². The van der Waals surface area contributed by atoms with Crippen LogP contribution in [0.15, 0.2) is 35.2 Å². The van der Waals surface area contributed by atoms with Gasteiger partial charge in [0.1, 0.15) is 5.25 Å². The van der Waals surface area contributed by atoms with Gasteiger partial charge >= 0.3 is 0 Å². The minimum Gasteiger partial charge on any atom is -0.298 e. The molecule has 0 bridgehead atoms. The quantitative estimate of drug-likeness (QED) is 0.835. The molecule has 0 aliphatic heterocycles. The lowest BCUT2D eigenvalue weighted by atomic mass is 9.86. The van der Waals surface area contributed by atoms with Crippen LogP contribution in [0.4, 0.5) is 0 Å². The highest BCUT2D eigenvalue weighted by molar-refractivity contribution is 7.92. The third kappa shape index (κ3) is 3.92. The second kappa shape index (κ2) is 6.08. The number of benzene rings is 1. The minimum absolute atomic E-state index is 0.143. The molecule has 0 aliphatic carbocycles. The molecule has 0 aliphatic rings. The Bertz CT molecular complexity index is 551. The van der Waals surface area contributed by atoms with Gasteiger partial charge < -0.3 is 0 Å². The van der Waals surface area contributed by atoms with Crippen LogP contribution < -0.4 is 0 Å². The smallest absolute Gasteiger partial charge is 0.188 e. The Morgan fingerprint density at radius 2 is 1.60 bits per heavy atom. The molecule has 1 aromatic rings. The number of sulfone groups is 1. The zero-order valence-corrected chi connectivity index (χ0v) is 13.7. The topological polar surface area (TPSA) is 51.2 Å². The van der Waals surface area contributed by atoms with E-state index < -0.39 is 20.5 Å². The van der Waals surface area contributed by atoms with Gasteiger partial charge in [0, 0.05) is 5.41 Å². The van der Waals surface area contributed by atoms with E-state index in [1.54, 1.807) is 51.1 Å². The number of carbonyl (C=O) groups excluding carboxylic acids is 1. The molecule has 0 N–H and O–H groups in total. The molecule has 0 saturated carbocycles. The van der Waals surface area contributed by atoms with Crippen LogP contribution in [-0.2, 0) is 14.6 Å². The molecule has 3 nitrogen and oxygen atoms in total. The van der Waals surface area contributed by atoms with Gasteiger partial charge in [0.25, 0.3) is 0 Å². The summed E-state index contributed by atoms with van der Waals surface area (Å²) in [4.78, 5) is 12.8. The third-order valence-electron chi connectivity index (χ3n) is 3.16. The zero-order valence-electron chi connectivity index (χ0n) is 12.9. The molecule has 0 spiro atoms. The van der Waals surface area contributed by atoms with Gasteiger partial charge in [-0.25, -0.2) is 8.42 Å². The van der Waals surface area contributed by atoms with E-state index in [1.807, 2.05) is 13.8 Å². The largest absolute Gasteiger partial charge is 0.298 e. The van der Waals surface area contributed by atoms with Gasteiger partial charge in [0.15, 0.2) is 15.6 Å². The number of rotatable bonds is 5. The summed E-state index contributed by atoms with van der Waals surface area (Å²) in [5.74, 6) is -0.0696. The normalized spacial score (nSPS) is 14.3. The SMILES string of the molecule is CC(C)CC(C(=O)C(C)(C)C)S(=O)(=O)c1ccccc1. The Balaban J connectivity index is 3.28. The van der Waals surface area contributed by atoms with Crippen molar-refractivity contribution < 1.29 is 13.2 Å². The zero-order chi connectivity index (χ0) is 15.6. The summed E-state index contributed by atoms with van der Waals surface area (Å²) in [6.45, 7) is 9.17. The second-order valence-electron chi connectivity index (χ2n) is 6.59. The van der Waals surface area contributed by atoms with Crippen molar-refractivity contribution in [3.63, 3.8) is 0 Å². The summed E-state index contributed by atoms with van der Waals surface area (Å²) in [5.41, 5.74) is -0.665. The fourth-order valence-electron chi connectivity index (χ4n) is 2.06. The van der Waals surface area contributed by atoms with Crippen LogP contribution in [0.25, 0.3) is 0 Å². The number of Topliss-reactive ketones (excluding diaryl/α,β-unsaturated/α-hetero) is 1. The van der Waals surface area contributed by atoms with Gasteiger partial charge in [-0.05, 0) is 24.5 Å². The fraction of sp³-hybridized carbons (Fsp3) is 0.562. The summed E-state index contributed by atoms with van der Waals surface area (Å²) in [6, 6.07) is 8.24. The summed E-state index contributed by atoms with van der Waals surface area (Å²) < 4.78 is 25.5. The van der Waals surface area contributed by atoms with E-state index in [1.165, 1.54) is 0 Å². The van der Waals surface area contributed by atoms with Gasteiger partial charge in [-0.15, -0.1) is 0 Å². The Labute approximate surface area is 122 Å². The van der Waals surface area contributed by atoms with Crippen LogP contribution in [0, 0.1) is 11.3 Å². The first-order valence-corrected chi connectivity index (χ1v) is 8.44. The highest BCUT2D eigenvalue weighted by Crippen LogP contribution is 2.28. The lowest BCUT2D eigenvalue weighted by Gasteiger charge is -2.25. The predicted molar refractivity (Wildman–Crippen MR) is 81.3 cm³/mol. The van der Waals surface area contributed by atoms with Crippen molar-refractivity contribution in [3.8, 4) is 0 Å². The highest BCUT2D eigenvalue weighted by atomic mass is 32.2. The second-order valence-corrected chi connectivity index (χ2v) is 8.72. The maximum absolute atomic E-state index is 12.7. The van der Waals surface area contributed by atoms with Crippen molar-refractivity contribution in [3.05, 3.63) is 30.3 Å². The summed E-state index contributed by atoms with van der Waals surface area (Å²) in [7, 11) is -3.63. The molecule has 1 atom stereocenters. The first kappa shape index (κ1) is 16.9. The molecular weight excluding hydrogens is 272 g/mol. The maximum Gasteiger partial charge on any atom is 0.188 e. The fourth-order valence-corrected chi connectivity index (χ4v) is 4.20. The summed E-state index contributed by atoms with van der Waals surface area (Å²) in [6.07, 6.45) is 0.354. The van der Waals surface area contributed by atoms with E-state index in [2.05, 4.69) is 0 Å². The van der Waals surface area contributed by atoms with Crippen molar-refractivity contribution in [2.45, 2.75) is 51.2 Å². The lowest BCUT2D eigenvalue weighted by molar-refractivity contribution is -0.126. The van der Waals surface area contributed by atoms with Crippen LogP contribution in [0.3, 0.4) is 0 Å². The van der Waals surface area contributed by atoms with Gasteiger partial charge in [-0.1, -0.05) is 52.8 Å². The number of carbonyl (C=O) groups is 1. The van der Waals surface area contributed by atoms with Crippen molar-refractivity contribution in [1.29, 1.82) is 0 Å². The first-order chi connectivity index (χ1) is 9.06. The number of hydrogen-bond acceptors (Lipinski definition) is 3. The Hall–Kier alpha value is -1.16. The molecule has 1 rings (SSSR count). The Kier molecular flexibility index (Phi) is 5.14. The van der Waals surface area contributed by atoms with E-state index in [-0.39, 0.29) is 16.6 Å². The predicted octanol–water partition coefficient (Wildman–Crippen LogP) is 3.49. The molecule has 0 amide bonds. The van der Waals surface area contributed by atoms with Gasteiger partial charge in [0.2, 0.25) is 0 Å². The first-order valence-electron chi connectivity index (χ1n) is 6.90. The highest BCUT2D eigenvalue weighted by Gasteiger charge is 2.39. The Morgan fingerprint density at radius 1 is 1.10 bits per heavy atom. The van der Waals surface area contributed by atoms with E-state index in [0.717, 1.165) is 0 Å². The van der Waals surface area contributed by atoms with Crippen LogP contribution in [0.1, 0.15) is 41.0 Å². The maximum atomic E-state index is 12.7. The number of ketones is 1. The molecular formula is C16H24O3S. The van der Waals surface area contributed by atoms with Crippen molar-refractivity contribution in [2.75, 3.05) is 0 Å². The standard InChI is InChI=1S/C16H24O3S/c1-12(2)11-14(15(17)16(3,4)5)20(18,19)13-9-7-6-8-10-13/h6-10,12,14H,11H2,1-5H3. The molecule has 1 unspecified atom stereocenters.